The lowest BCUT2D eigenvalue weighted by atomic mass is 10.1. The summed E-state index contributed by atoms with van der Waals surface area (Å²) in [5.41, 5.74) is 5.33. The molecule has 0 saturated carbocycles. The van der Waals surface area contributed by atoms with Crippen LogP contribution in [0.25, 0.3) is 11.3 Å². The lowest BCUT2D eigenvalue weighted by Gasteiger charge is -1.99. The van der Waals surface area contributed by atoms with Crippen LogP contribution in [-0.4, -0.2) is 29.4 Å². The van der Waals surface area contributed by atoms with Crippen LogP contribution in [0.5, 0.6) is 5.75 Å². The van der Waals surface area contributed by atoms with Crippen molar-refractivity contribution in [1.82, 2.24) is 4.98 Å². The Morgan fingerprint density at radius 3 is 2.62 bits per heavy atom. The molecule has 1 aromatic heterocycles. The molecule has 6 nitrogen and oxygen atoms in total. The number of nitrogens with zero attached hydrogens (tertiary/aromatic N) is 2. The normalized spacial score (nSPS) is 10.8. The molecule has 0 fully saturated rings. The number of methoxy groups -OCH3 is 1. The summed E-state index contributed by atoms with van der Waals surface area (Å²) in [6.45, 7) is 0. The van der Waals surface area contributed by atoms with Gasteiger partial charge in [0.05, 0.1) is 25.4 Å². The SMILES string of the molecule is COc1ccc(/C=N/Nc2nc(-c3ccccc3)c(CC(=O)O)s2)cc1. The molecular weight excluding hydrogens is 350 g/mol. The molecule has 3 aromatic rings. The molecule has 2 N–H and O–H groups in total. The first kappa shape index (κ1) is 17.6. The van der Waals surface area contributed by atoms with Crippen LogP contribution in [0.2, 0.25) is 0 Å². The van der Waals surface area contributed by atoms with Gasteiger partial charge < -0.3 is 9.84 Å². The van der Waals surface area contributed by atoms with Crippen molar-refractivity contribution in [2.75, 3.05) is 12.5 Å². The van der Waals surface area contributed by atoms with Gasteiger partial charge in [0.1, 0.15) is 5.75 Å². The predicted molar refractivity (Wildman–Crippen MR) is 103 cm³/mol. The van der Waals surface area contributed by atoms with Crippen molar-refractivity contribution in [1.29, 1.82) is 0 Å². The number of aliphatic carboxylic acids is 1. The fourth-order valence-electron chi connectivity index (χ4n) is 2.33. The Labute approximate surface area is 154 Å². The highest BCUT2D eigenvalue weighted by Gasteiger charge is 2.15. The number of nitrogens with one attached hydrogen (secondary N) is 1. The molecule has 0 aliphatic carbocycles. The first-order chi connectivity index (χ1) is 12.7. The summed E-state index contributed by atoms with van der Waals surface area (Å²) in [7, 11) is 1.62. The number of benzene rings is 2. The van der Waals surface area contributed by atoms with Gasteiger partial charge in [-0.15, -0.1) is 0 Å². The van der Waals surface area contributed by atoms with Crippen LogP contribution in [0.4, 0.5) is 5.13 Å². The van der Waals surface area contributed by atoms with Crippen LogP contribution in [0.3, 0.4) is 0 Å². The number of carbonyl (C=O) groups is 1. The van der Waals surface area contributed by atoms with E-state index in [-0.39, 0.29) is 6.42 Å². The number of rotatable bonds is 7. The first-order valence-electron chi connectivity index (χ1n) is 7.86. The predicted octanol–water partition coefficient (Wildman–Crippen LogP) is 3.89. The Balaban J connectivity index is 1.78. The third-order valence-electron chi connectivity index (χ3n) is 3.55. The van der Waals surface area contributed by atoms with Gasteiger partial charge in [-0.1, -0.05) is 41.7 Å². The number of hydrogen-bond acceptors (Lipinski definition) is 6. The molecule has 0 saturated heterocycles. The maximum atomic E-state index is 11.1. The van der Waals surface area contributed by atoms with Gasteiger partial charge in [0.15, 0.2) is 0 Å². The van der Waals surface area contributed by atoms with Crippen LogP contribution < -0.4 is 10.2 Å². The average Bonchev–Trinajstić information content (AvgIpc) is 3.05. The Kier molecular flexibility index (Phi) is 5.60. The van der Waals surface area contributed by atoms with Crippen LogP contribution in [-0.2, 0) is 11.2 Å². The number of ether oxygens (including phenoxy) is 1. The highest BCUT2D eigenvalue weighted by atomic mass is 32.1. The van der Waals surface area contributed by atoms with Gasteiger partial charge in [-0.25, -0.2) is 4.98 Å². The number of anilines is 1. The Bertz CT molecular complexity index is 906. The average molecular weight is 367 g/mol. The largest absolute Gasteiger partial charge is 0.497 e. The molecule has 1 heterocycles. The van der Waals surface area contributed by atoms with E-state index in [1.165, 1.54) is 11.3 Å². The number of thiazole rings is 1. The van der Waals surface area contributed by atoms with Gasteiger partial charge in [-0.2, -0.15) is 5.10 Å². The molecule has 0 radical (unpaired) electrons. The van der Waals surface area contributed by atoms with Crippen molar-refractivity contribution in [3.8, 4) is 17.0 Å². The van der Waals surface area contributed by atoms with Crippen molar-refractivity contribution in [3.05, 3.63) is 65.0 Å². The second-order valence-electron chi connectivity index (χ2n) is 5.37. The van der Waals surface area contributed by atoms with E-state index in [2.05, 4.69) is 15.5 Å². The molecule has 26 heavy (non-hydrogen) atoms. The minimum Gasteiger partial charge on any atom is -0.497 e. The lowest BCUT2D eigenvalue weighted by Crippen LogP contribution is -1.99. The summed E-state index contributed by atoms with van der Waals surface area (Å²) in [6.07, 6.45) is 1.59. The zero-order chi connectivity index (χ0) is 18.4. The third kappa shape index (κ3) is 4.46. The molecule has 0 atom stereocenters. The third-order valence-corrected chi connectivity index (χ3v) is 4.51. The van der Waals surface area contributed by atoms with E-state index in [0.717, 1.165) is 16.9 Å². The molecule has 0 unspecified atom stereocenters. The summed E-state index contributed by atoms with van der Waals surface area (Å²) in [6, 6.07) is 17.0. The number of hydrazone groups is 1. The molecule has 0 amide bonds. The van der Waals surface area contributed by atoms with Gasteiger partial charge >= 0.3 is 5.97 Å². The van der Waals surface area contributed by atoms with Crippen LogP contribution in [0, 0.1) is 0 Å². The zero-order valence-corrected chi connectivity index (χ0v) is 14.9. The molecule has 0 aliphatic heterocycles. The zero-order valence-electron chi connectivity index (χ0n) is 14.0. The van der Waals surface area contributed by atoms with E-state index < -0.39 is 5.97 Å². The highest BCUT2D eigenvalue weighted by Crippen LogP contribution is 2.31. The summed E-state index contributed by atoms with van der Waals surface area (Å²) in [4.78, 5) is 16.3. The van der Waals surface area contributed by atoms with E-state index in [1.54, 1.807) is 13.3 Å². The van der Waals surface area contributed by atoms with Crippen LogP contribution in [0.1, 0.15) is 10.4 Å². The van der Waals surface area contributed by atoms with Crippen molar-refractivity contribution in [2.24, 2.45) is 5.10 Å². The summed E-state index contributed by atoms with van der Waals surface area (Å²) >= 11 is 1.29. The summed E-state index contributed by atoms with van der Waals surface area (Å²) in [5.74, 6) is -0.111. The smallest absolute Gasteiger partial charge is 0.308 e. The van der Waals surface area contributed by atoms with Crippen LogP contribution in [0.15, 0.2) is 59.7 Å². The fraction of sp³-hybridized carbons (Fsp3) is 0.105. The first-order valence-corrected chi connectivity index (χ1v) is 8.67. The minimum absolute atomic E-state index is 0.0776. The second-order valence-corrected chi connectivity index (χ2v) is 6.45. The topological polar surface area (TPSA) is 83.8 Å². The molecule has 0 spiro atoms. The summed E-state index contributed by atoms with van der Waals surface area (Å²) < 4.78 is 5.12. The maximum Gasteiger partial charge on any atom is 0.308 e. The van der Waals surface area contributed by atoms with Gasteiger partial charge in [-0.3, -0.25) is 10.2 Å². The fourth-order valence-corrected chi connectivity index (χ4v) is 3.25. The molecule has 0 bridgehead atoms. The molecular formula is C19H17N3O3S. The number of carboxylic acids is 1. The second kappa shape index (κ2) is 8.26. The van der Waals surface area contributed by atoms with Crippen LogP contribution >= 0.6 is 11.3 Å². The van der Waals surface area contributed by atoms with Gasteiger partial charge in [0, 0.05) is 10.4 Å². The quantitative estimate of drug-likeness (QED) is 0.489. The van der Waals surface area contributed by atoms with Gasteiger partial charge in [0.2, 0.25) is 5.13 Å². The van der Waals surface area contributed by atoms with E-state index in [9.17, 15) is 4.79 Å². The lowest BCUT2D eigenvalue weighted by molar-refractivity contribution is -0.136. The van der Waals surface area contributed by atoms with Crippen molar-refractivity contribution < 1.29 is 14.6 Å². The Morgan fingerprint density at radius 1 is 1.23 bits per heavy atom. The van der Waals surface area contributed by atoms with E-state index in [1.807, 2.05) is 54.6 Å². The van der Waals surface area contributed by atoms with Crippen molar-refractivity contribution >= 4 is 28.7 Å². The number of hydrogen-bond donors (Lipinski definition) is 2. The van der Waals surface area contributed by atoms with E-state index in [4.69, 9.17) is 9.84 Å². The molecule has 132 valence electrons. The molecule has 0 aliphatic rings. The molecule has 2 aromatic carbocycles. The van der Waals surface area contributed by atoms with Gasteiger partial charge in [-0.05, 0) is 29.8 Å². The monoisotopic (exact) mass is 367 g/mol. The maximum absolute atomic E-state index is 11.1. The summed E-state index contributed by atoms with van der Waals surface area (Å²) in [5, 5.41) is 13.9. The Hall–Kier alpha value is -3.19. The Morgan fingerprint density at radius 2 is 1.96 bits per heavy atom. The van der Waals surface area contributed by atoms with Gasteiger partial charge in [0.25, 0.3) is 0 Å². The highest BCUT2D eigenvalue weighted by molar-refractivity contribution is 7.16. The van der Waals surface area contributed by atoms with Crippen molar-refractivity contribution in [2.45, 2.75) is 6.42 Å². The number of aromatic nitrogens is 1. The number of carboxylic acid groups (broad SMARTS) is 1. The minimum atomic E-state index is -0.890. The van der Waals surface area contributed by atoms with E-state index in [0.29, 0.717) is 15.7 Å². The molecule has 7 heteroatoms. The van der Waals surface area contributed by atoms with E-state index >= 15 is 0 Å². The van der Waals surface area contributed by atoms with Crippen molar-refractivity contribution in [3.63, 3.8) is 0 Å². The standard InChI is InChI=1S/C19H17N3O3S/c1-25-15-9-7-13(8-10-15)12-20-22-19-21-18(14-5-3-2-4-6-14)16(26-19)11-17(23)24/h2-10,12H,11H2,1H3,(H,21,22)(H,23,24)/b20-12+. The molecule has 3 rings (SSSR count).